The Morgan fingerprint density at radius 1 is 0.931 bits per heavy atom. The number of carbonyl (C=O) groups is 2. The zero-order chi connectivity index (χ0) is 20.3. The number of nitrogens with zero attached hydrogens (tertiary/aromatic N) is 1. The van der Waals surface area contributed by atoms with Gasteiger partial charge in [0.2, 0.25) is 0 Å². The normalized spacial score (nSPS) is 17.6. The number of hydrogen-bond acceptors (Lipinski definition) is 5. The van der Waals surface area contributed by atoms with Crippen LogP contribution in [0.25, 0.3) is 11.3 Å². The third-order valence-electron chi connectivity index (χ3n) is 4.86. The zero-order valence-corrected chi connectivity index (χ0v) is 16.6. The van der Waals surface area contributed by atoms with Crippen molar-refractivity contribution in [2.45, 2.75) is 57.7 Å². The first kappa shape index (κ1) is 20.8. The van der Waals surface area contributed by atoms with Crippen molar-refractivity contribution in [3.63, 3.8) is 0 Å². The maximum atomic E-state index is 12.0. The second kappa shape index (κ2) is 11.1. The number of hydrogen-bond donors (Lipinski definition) is 0. The predicted molar refractivity (Wildman–Crippen MR) is 111 cm³/mol. The van der Waals surface area contributed by atoms with Crippen LogP contribution in [0, 0.1) is 0 Å². The molecule has 0 bridgehead atoms. The molecule has 1 aromatic carbocycles. The molecule has 0 spiro atoms. The van der Waals surface area contributed by atoms with E-state index in [0.29, 0.717) is 0 Å². The maximum absolute atomic E-state index is 12.0. The van der Waals surface area contributed by atoms with E-state index in [1.54, 1.807) is 6.20 Å². The van der Waals surface area contributed by atoms with Gasteiger partial charge in [0.05, 0.1) is 18.5 Å². The molecule has 3 rings (SSSR count). The standard InChI is InChI=1S/C24H27NO4/c26-23(15-16-24(27)29-21-8-4-2-1-3-5-9-21)28-18-19-11-13-20(14-12-19)22-10-6-7-17-25-22/h1-2,6-7,10-14,17,21H,3-5,8-9,15-16,18H2/b2-1-. The highest BCUT2D eigenvalue weighted by atomic mass is 16.5. The summed E-state index contributed by atoms with van der Waals surface area (Å²) < 4.78 is 10.8. The molecule has 1 atom stereocenters. The monoisotopic (exact) mass is 393 g/mol. The first-order chi connectivity index (χ1) is 14.2. The number of rotatable bonds is 7. The Kier molecular flexibility index (Phi) is 7.99. The summed E-state index contributed by atoms with van der Waals surface area (Å²) in [6, 6.07) is 13.5. The predicted octanol–water partition coefficient (Wildman–Crippen LogP) is 5.00. The van der Waals surface area contributed by atoms with Crippen molar-refractivity contribution in [1.82, 2.24) is 4.98 Å². The molecule has 0 amide bonds. The highest BCUT2D eigenvalue weighted by Crippen LogP contribution is 2.18. The highest BCUT2D eigenvalue weighted by Gasteiger charge is 2.16. The molecule has 0 radical (unpaired) electrons. The molecule has 1 heterocycles. The first-order valence-electron chi connectivity index (χ1n) is 10.2. The molecular weight excluding hydrogens is 366 g/mol. The summed E-state index contributed by atoms with van der Waals surface area (Å²) in [5.41, 5.74) is 2.80. The van der Waals surface area contributed by atoms with E-state index in [1.165, 1.54) is 0 Å². The molecule has 0 N–H and O–H groups in total. The van der Waals surface area contributed by atoms with E-state index in [4.69, 9.17) is 9.47 Å². The molecule has 0 fully saturated rings. The van der Waals surface area contributed by atoms with Gasteiger partial charge in [-0.1, -0.05) is 42.5 Å². The fourth-order valence-corrected chi connectivity index (χ4v) is 3.23. The van der Waals surface area contributed by atoms with Gasteiger partial charge in [-0.3, -0.25) is 14.6 Å². The molecule has 2 aromatic rings. The van der Waals surface area contributed by atoms with Crippen molar-refractivity contribution in [1.29, 1.82) is 0 Å². The molecule has 0 saturated carbocycles. The lowest BCUT2D eigenvalue weighted by Crippen LogP contribution is -2.19. The minimum absolute atomic E-state index is 0.0392. The van der Waals surface area contributed by atoms with Gasteiger partial charge in [0, 0.05) is 11.8 Å². The lowest BCUT2D eigenvalue weighted by molar-refractivity contribution is -0.154. The Hall–Kier alpha value is -2.95. The summed E-state index contributed by atoms with van der Waals surface area (Å²) >= 11 is 0. The Morgan fingerprint density at radius 3 is 2.52 bits per heavy atom. The zero-order valence-electron chi connectivity index (χ0n) is 16.6. The van der Waals surface area contributed by atoms with E-state index in [-0.39, 0.29) is 31.5 Å². The maximum Gasteiger partial charge on any atom is 0.306 e. The lowest BCUT2D eigenvalue weighted by atomic mass is 10.0. The summed E-state index contributed by atoms with van der Waals surface area (Å²) in [5.74, 6) is -0.715. The number of allylic oxidation sites excluding steroid dienone is 2. The number of benzene rings is 1. The van der Waals surface area contributed by atoms with Crippen molar-refractivity contribution in [3.8, 4) is 11.3 Å². The van der Waals surface area contributed by atoms with E-state index < -0.39 is 5.97 Å². The van der Waals surface area contributed by atoms with Gasteiger partial charge in [0.25, 0.3) is 0 Å². The third kappa shape index (κ3) is 7.18. The van der Waals surface area contributed by atoms with Crippen LogP contribution in [-0.4, -0.2) is 23.0 Å². The topological polar surface area (TPSA) is 65.5 Å². The second-order valence-corrected chi connectivity index (χ2v) is 7.16. The van der Waals surface area contributed by atoms with E-state index in [9.17, 15) is 9.59 Å². The molecule has 1 aromatic heterocycles. The molecule has 5 heteroatoms. The highest BCUT2D eigenvalue weighted by molar-refractivity contribution is 5.77. The number of pyridine rings is 1. The minimum Gasteiger partial charge on any atom is -0.462 e. The molecule has 1 aliphatic carbocycles. The van der Waals surface area contributed by atoms with Crippen LogP contribution in [0.5, 0.6) is 0 Å². The number of ether oxygens (including phenoxy) is 2. The largest absolute Gasteiger partial charge is 0.462 e. The summed E-state index contributed by atoms with van der Waals surface area (Å²) in [4.78, 5) is 28.3. The van der Waals surface area contributed by atoms with Gasteiger partial charge >= 0.3 is 11.9 Å². The van der Waals surface area contributed by atoms with Crippen molar-refractivity contribution < 1.29 is 19.1 Å². The van der Waals surface area contributed by atoms with E-state index in [0.717, 1.165) is 48.9 Å². The smallest absolute Gasteiger partial charge is 0.306 e. The Labute approximate surface area is 171 Å². The molecule has 29 heavy (non-hydrogen) atoms. The summed E-state index contributed by atoms with van der Waals surface area (Å²) in [6.07, 6.45) is 10.8. The van der Waals surface area contributed by atoms with Gasteiger partial charge in [0.15, 0.2) is 0 Å². The van der Waals surface area contributed by atoms with Crippen LogP contribution < -0.4 is 0 Å². The third-order valence-corrected chi connectivity index (χ3v) is 4.86. The van der Waals surface area contributed by atoms with Gasteiger partial charge in [-0.2, -0.15) is 0 Å². The quantitative estimate of drug-likeness (QED) is 0.489. The van der Waals surface area contributed by atoms with E-state index >= 15 is 0 Å². The van der Waals surface area contributed by atoms with Crippen molar-refractivity contribution in [3.05, 3.63) is 66.4 Å². The average Bonchev–Trinajstić information content (AvgIpc) is 2.73. The average molecular weight is 393 g/mol. The van der Waals surface area contributed by atoms with Crippen LogP contribution in [0.15, 0.2) is 60.8 Å². The van der Waals surface area contributed by atoms with Crippen LogP contribution in [-0.2, 0) is 25.7 Å². The molecule has 1 unspecified atom stereocenters. The van der Waals surface area contributed by atoms with E-state index in [1.807, 2.05) is 42.5 Å². The summed E-state index contributed by atoms with van der Waals surface area (Å²) in [6.45, 7) is 0.186. The van der Waals surface area contributed by atoms with Gasteiger partial charge in [-0.25, -0.2) is 0 Å². The Morgan fingerprint density at radius 2 is 1.72 bits per heavy atom. The number of esters is 2. The lowest BCUT2D eigenvalue weighted by Gasteiger charge is -2.18. The van der Waals surface area contributed by atoms with Gasteiger partial charge in [-0.15, -0.1) is 0 Å². The fourth-order valence-electron chi connectivity index (χ4n) is 3.23. The molecular formula is C24H27NO4. The molecule has 152 valence electrons. The van der Waals surface area contributed by atoms with E-state index in [2.05, 4.69) is 17.1 Å². The minimum atomic E-state index is -0.392. The first-order valence-corrected chi connectivity index (χ1v) is 10.2. The van der Waals surface area contributed by atoms with Crippen LogP contribution in [0.4, 0.5) is 0 Å². The van der Waals surface area contributed by atoms with Crippen molar-refractivity contribution >= 4 is 11.9 Å². The SMILES string of the molecule is O=C(CCC(=O)OC1CC/C=C\CCC1)OCc1ccc(-c2ccccn2)cc1. The van der Waals surface area contributed by atoms with Crippen LogP contribution in [0.1, 0.15) is 50.5 Å². The van der Waals surface area contributed by atoms with Gasteiger partial charge in [-0.05, 0) is 49.8 Å². The second-order valence-electron chi connectivity index (χ2n) is 7.16. The van der Waals surface area contributed by atoms with Gasteiger partial charge in [0.1, 0.15) is 12.7 Å². The Bertz CT molecular complexity index is 815. The van der Waals surface area contributed by atoms with Gasteiger partial charge < -0.3 is 9.47 Å². The summed E-state index contributed by atoms with van der Waals surface area (Å²) in [7, 11) is 0. The molecule has 1 aliphatic rings. The molecule has 0 saturated heterocycles. The van der Waals surface area contributed by atoms with Crippen molar-refractivity contribution in [2.75, 3.05) is 0 Å². The van der Waals surface area contributed by atoms with Crippen LogP contribution >= 0.6 is 0 Å². The van der Waals surface area contributed by atoms with Crippen LogP contribution in [0.2, 0.25) is 0 Å². The van der Waals surface area contributed by atoms with Crippen molar-refractivity contribution in [2.24, 2.45) is 0 Å². The summed E-state index contributed by atoms with van der Waals surface area (Å²) in [5, 5.41) is 0. The molecule has 0 aliphatic heterocycles. The van der Waals surface area contributed by atoms with Crippen LogP contribution in [0.3, 0.4) is 0 Å². The fraction of sp³-hybridized carbons (Fsp3) is 0.375. The number of carbonyl (C=O) groups excluding carboxylic acids is 2. The molecule has 5 nitrogen and oxygen atoms in total. The Balaban J connectivity index is 1.37. The number of aromatic nitrogens is 1.